The molecule has 2 amide bonds. The quantitative estimate of drug-likeness (QED) is 0.777. The first kappa shape index (κ1) is 20.2. The van der Waals surface area contributed by atoms with Gasteiger partial charge in [0.05, 0.1) is 24.0 Å². The van der Waals surface area contributed by atoms with Crippen LogP contribution in [-0.2, 0) is 4.79 Å². The highest BCUT2D eigenvalue weighted by Gasteiger charge is 2.35. The Morgan fingerprint density at radius 1 is 1.39 bits per heavy atom. The third-order valence-electron chi connectivity index (χ3n) is 4.78. The Bertz CT molecular complexity index is 887. The summed E-state index contributed by atoms with van der Waals surface area (Å²) in [6, 6.07) is 10.9. The Hall–Kier alpha value is -2.50. The van der Waals surface area contributed by atoms with Gasteiger partial charge in [0.25, 0.3) is 5.91 Å². The minimum Gasteiger partial charge on any atom is -0.350 e. The number of benzene rings is 1. The summed E-state index contributed by atoms with van der Waals surface area (Å²) in [5.41, 5.74) is -0.543. The van der Waals surface area contributed by atoms with Gasteiger partial charge < -0.3 is 15.5 Å². The minimum atomic E-state index is -1.15. The molecule has 0 bridgehead atoms. The number of hydrogen-bond donors (Lipinski definition) is 2. The first-order valence-corrected chi connectivity index (χ1v) is 9.96. The predicted molar refractivity (Wildman–Crippen MR) is 107 cm³/mol. The van der Waals surface area contributed by atoms with E-state index >= 15 is 0 Å². The van der Waals surface area contributed by atoms with Gasteiger partial charge in [0, 0.05) is 23.2 Å². The van der Waals surface area contributed by atoms with Crippen LogP contribution in [-0.4, -0.2) is 54.1 Å². The van der Waals surface area contributed by atoms with Crippen LogP contribution in [0.4, 0.5) is 4.39 Å². The first-order valence-electron chi connectivity index (χ1n) is 9.14. The Balaban J connectivity index is 1.51. The van der Waals surface area contributed by atoms with Crippen molar-refractivity contribution >= 4 is 33.2 Å². The molecule has 1 aromatic carbocycles. The Kier molecular flexibility index (Phi) is 5.96. The van der Waals surface area contributed by atoms with E-state index in [2.05, 4.69) is 10.6 Å². The number of carbonyl (C=O) groups excluding carboxylic acids is 2. The number of likely N-dealkylation sites (tertiary alicyclic amines) is 1. The second-order valence-corrected chi connectivity index (χ2v) is 8.68. The zero-order valence-electron chi connectivity index (χ0n) is 15.9. The summed E-state index contributed by atoms with van der Waals surface area (Å²) in [7, 11) is 0. The number of nitrogens with one attached hydrogen (secondary N) is 2. The van der Waals surface area contributed by atoms with Crippen molar-refractivity contribution in [2.45, 2.75) is 38.0 Å². The molecular formula is C20H23FN4O2S. The van der Waals surface area contributed by atoms with Crippen molar-refractivity contribution in [2.24, 2.45) is 0 Å². The van der Waals surface area contributed by atoms with E-state index in [1.165, 1.54) is 16.2 Å². The van der Waals surface area contributed by atoms with Gasteiger partial charge in [-0.25, -0.2) is 4.39 Å². The van der Waals surface area contributed by atoms with E-state index in [0.717, 1.165) is 10.1 Å². The van der Waals surface area contributed by atoms with Gasteiger partial charge in [0.1, 0.15) is 12.2 Å². The first-order chi connectivity index (χ1) is 13.3. The lowest BCUT2D eigenvalue weighted by atomic mass is 10.1. The maximum atomic E-state index is 13.5. The number of alkyl halides is 1. The standard InChI is InChI=1S/C20H23FN4O2S/c1-20(2,24-10-18(26)25-11-14(21)8-15(25)9-22)12-23-19(27)17-7-13-5-3-4-6-16(13)28-17/h3-7,14-15,24H,8,10-12H2,1-2H3,(H,23,27)/t14-,15-/m0/s1. The van der Waals surface area contributed by atoms with E-state index in [1.54, 1.807) is 0 Å². The molecule has 2 atom stereocenters. The van der Waals surface area contributed by atoms with Crippen molar-refractivity contribution in [2.75, 3.05) is 19.6 Å². The van der Waals surface area contributed by atoms with E-state index in [9.17, 15) is 14.0 Å². The molecule has 3 rings (SSSR count). The highest BCUT2D eigenvalue weighted by atomic mass is 32.1. The number of nitrogens with zero attached hydrogens (tertiary/aromatic N) is 2. The number of thiophene rings is 1. The van der Waals surface area contributed by atoms with Crippen LogP contribution in [0.25, 0.3) is 10.1 Å². The fourth-order valence-electron chi connectivity index (χ4n) is 3.14. The predicted octanol–water partition coefficient (Wildman–Crippen LogP) is 2.46. The van der Waals surface area contributed by atoms with Crippen molar-refractivity contribution in [1.82, 2.24) is 15.5 Å². The molecule has 0 unspecified atom stereocenters. The van der Waals surface area contributed by atoms with Crippen molar-refractivity contribution in [3.63, 3.8) is 0 Å². The third kappa shape index (κ3) is 4.66. The zero-order chi connectivity index (χ0) is 20.3. The molecule has 0 aliphatic carbocycles. The Morgan fingerprint density at radius 2 is 2.14 bits per heavy atom. The number of hydrogen-bond acceptors (Lipinski definition) is 5. The highest BCUT2D eigenvalue weighted by molar-refractivity contribution is 7.20. The van der Waals surface area contributed by atoms with Gasteiger partial charge in [-0.15, -0.1) is 11.3 Å². The second kappa shape index (κ2) is 8.25. The molecule has 2 aromatic rings. The summed E-state index contributed by atoms with van der Waals surface area (Å²) in [6.07, 6.45) is -1.08. The van der Waals surface area contributed by atoms with Crippen LogP contribution in [0.2, 0.25) is 0 Å². The molecule has 0 saturated carbocycles. The monoisotopic (exact) mass is 402 g/mol. The molecule has 28 heavy (non-hydrogen) atoms. The van der Waals surface area contributed by atoms with Gasteiger partial charge in [-0.3, -0.25) is 9.59 Å². The molecule has 1 aromatic heterocycles. The van der Waals surface area contributed by atoms with Crippen molar-refractivity contribution in [3.8, 4) is 6.07 Å². The van der Waals surface area contributed by atoms with Gasteiger partial charge in [-0.05, 0) is 31.4 Å². The Labute approximate surface area is 167 Å². The van der Waals surface area contributed by atoms with E-state index < -0.39 is 17.8 Å². The molecule has 1 aliphatic heterocycles. The van der Waals surface area contributed by atoms with Gasteiger partial charge in [-0.1, -0.05) is 18.2 Å². The number of fused-ring (bicyclic) bond motifs is 1. The number of nitriles is 1. The van der Waals surface area contributed by atoms with Crippen LogP contribution >= 0.6 is 11.3 Å². The highest BCUT2D eigenvalue weighted by Crippen LogP contribution is 2.25. The molecule has 0 radical (unpaired) electrons. The van der Waals surface area contributed by atoms with Crippen LogP contribution < -0.4 is 10.6 Å². The molecular weight excluding hydrogens is 379 g/mol. The lowest BCUT2D eigenvalue weighted by Gasteiger charge is -2.28. The minimum absolute atomic E-state index is 0.0172. The molecule has 1 aliphatic rings. The smallest absolute Gasteiger partial charge is 0.261 e. The van der Waals surface area contributed by atoms with Crippen LogP contribution in [0.5, 0.6) is 0 Å². The average molecular weight is 402 g/mol. The SMILES string of the molecule is CC(C)(CNC(=O)c1cc2ccccc2s1)NCC(=O)N1C[C@@H](F)C[C@H]1C#N. The average Bonchev–Trinajstić information content (AvgIpc) is 3.27. The summed E-state index contributed by atoms with van der Waals surface area (Å²) >= 11 is 1.43. The summed E-state index contributed by atoms with van der Waals surface area (Å²) in [6.45, 7) is 4.00. The van der Waals surface area contributed by atoms with Gasteiger partial charge in [0.15, 0.2) is 0 Å². The lowest BCUT2D eigenvalue weighted by molar-refractivity contribution is -0.130. The Morgan fingerprint density at radius 3 is 2.86 bits per heavy atom. The molecule has 2 N–H and O–H groups in total. The topological polar surface area (TPSA) is 85.2 Å². The summed E-state index contributed by atoms with van der Waals surface area (Å²) in [5.74, 6) is -0.470. The van der Waals surface area contributed by atoms with Crippen molar-refractivity contribution in [3.05, 3.63) is 35.2 Å². The molecule has 6 nitrogen and oxygen atoms in total. The van der Waals surface area contributed by atoms with E-state index in [-0.39, 0.29) is 31.3 Å². The van der Waals surface area contributed by atoms with Gasteiger partial charge in [-0.2, -0.15) is 5.26 Å². The second-order valence-electron chi connectivity index (χ2n) is 7.59. The van der Waals surface area contributed by atoms with E-state index in [1.807, 2.05) is 50.2 Å². The van der Waals surface area contributed by atoms with E-state index in [4.69, 9.17) is 5.26 Å². The van der Waals surface area contributed by atoms with Crippen molar-refractivity contribution in [1.29, 1.82) is 5.26 Å². The number of rotatable bonds is 6. The maximum absolute atomic E-state index is 13.5. The van der Waals surface area contributed by atoms with Crippen LogP contribution in [0, 0.1) is 11.3 Å². The third-order valence-corrected chi connectivity index (χ3v) is 5.89. The number of halogens is 1. The fourth-order valence-corrected chi connectivity index (χ4v) is 4.12. The summed E-state index contributed by atoms with van der Waals surface area (Å²) < 4.78 is 14.5. The van der Waals surface area contributed by atoms with Crippen LogP contribution in [0.1, 0.15) is 29.9 Å². The maximum Gasteiger partial charge on any atom is 0.261 e. The lowest BCUT2D eigenvalue weighted by Crippen LogP contribution is -2.52. The molecule has 1 saturated heterocycles. The molecule has 1 fully saturated rings. The normalized spacial score (nSPS) is 19.6. The van der Waals surface area contributed by atoms with E-state index in [0.29, 0.717) is 11.4 Å². The fraction of sp³-hybridized carbons (Fsp3) is 0.450. The molecule has 0 spiro atoms. The van der Waals surface area contributed by atoms with Crippen LogP contribution in [0.15, 0.2) is 30.3 Å². The van der Waals surface area contributed by atoms with Gasteiger partial charge >= 0.3 is 0 Å². The zero-order valence-corrected chi connectivity index (χ0v) is 16.7. The van der Waals surface area contributed by atoms with Crippen LogP contribution in [0.3, 0.4) is 0 Å². The van der Waals surface area contributed by atoms with Gasteiger partial charge in [0.2, 0.25) is 5.91 Å². The molecule has 8 heteroatoms. The van der Waals surface area contributed by atoms with Crippen molar-refractivity contribution < 1.29 is 14.0 Å². The molecule has 2 heterocycles. The summed E-state index contributed by atoms with van der Waals surface area (Å²) in [5, 5.41) is 16.1. The number of carbonyl (C=O) groups is 2. The number of amides is 2. The largest absolute Gasteiger partial charge is 0.350 e. The summed E-state index contributed by atoms with van der Waals surface area (Å²) in [4.78, 5) is 26.7. The molecule has 148 valence electrons.